The molecular weight excluding hydrogens is 236 g/mol. The predicted octanol–water partition coefficient (Wildman–Crippen LogP) is 1.31. The molecule has 0 atom stereocenters. The van der Waals surface area contributed by atoms with Gasteiger partial charge in [0.1, 0.15) is 0 Å². The van der Waals surface area contributed by atoms with E-state index in [1.54, 1.807) is 19.9 Å². The summed E-state index contributed by atoms with van der Waals surface area (Å²) >= 11 is 0. The van der Waals surface area contributed by atoms with Gasteiger partial charge in [-0.1, -0.05) is 30.3 Å². The molecule has 17 heavy (non-hydrogen) atoms. The maximum atomic E-state index is 11.6. The summed E-state index contributed by atoms with van der Waals surface area (Å²) in [5.74, 6) is 0. The normalized spacial score (nSPS) is 13.1. The summed E-state index contributed by atoms with van der Waals surface area (Å²) in [6.07, 6.45) is 1.55. The van der Waals surface area contributed by atoms with E-state index in [4.69, 9.17) is 5.73 Å². The second kappa shape index (κ2) is 5.44. The zero-order chi connectivity index (χ0) is 12.9. The highest BCUT2D eigenvalue weighted by molar-refractivity contribution is 7.92. The molecule has 0 saturated heterocycles. The molecule has 0 heterocycles. The monoisotopic (exact) mass is 254 g/mol. The number of sulfonamides is 1. The van der Waals surface area contributed by atoms with E-state index in [-0.39, 0.29) is 6.54 Å². The Balaban J connectivity index is 2.65. The largest absolute Gasteiger partial charge is 0.324 e. The van der Waals surface area contributed by atoms with Crippen molar-refractivity contribution in [2.75, 3.05) is 6.54 Å². The highest BCUT2D eigenvalue weighted by Gasteiger charge is 2.14. The molecular formula is C12H18N2O2S. The van der Waals surface area contributed by atoms with E-state index < -0.39 is 15.6 Å². The average Bonchev–Trinajstić information content (AvgIpc) is 2.25. The van der Waals surface area contributed by atoms with Gasteiger partial charge in [-0.25, -0.2) is 13.1 Å². The van der Waals surface area contributed by atoms with E-state index >= 15 is 0 Å². The Kier molecular flexibility index (Phi) is 4.45. The summed E-state index contributed by atoms with van der Waals surface area (Å²) in [6.45, 7) is 3.72. The summed E-state index contributed by atoms with van der Waals surface area (Å²) in [6, 6.07) is 9.24. The second-order valence-electron chi connectivity index (χ2n) is 4.57. The molecule has 1 aromatic carbocycles. The minimum atomic E-state index is -3.42. The Hall–Kier alpha value is -1.17. The van der Waals surface area contributed by atoms with E-state index in [2.05, 4.69) is 4.72 Å². The van der Waals surface area contributed by atoms with Gasteiger partial charge >= 0.3 is 0 Å². The molecule has 0 aliphatic rings. The number of hydrogen-bond acceptors (Lipinski definition) is 3. The van der Waals surface area contributed by atoms with Crippen molar-refractivity contribution in [3.05, 3.63) is 41.3 Å². The van der Waals surface area contributed by atoms with Crippen molar-refractivity contribution >= 4 is 16.1 Å². The quantitative estimate of drug-likeness (QED) is 0.832. The number of hydrogen-bond donors (Lipinski definition) is 2. The standard InChI is InChI=1S/C12H18N2O2S/c1-12(2,13)10-14-17(15,16)9-8-11-6-4-3-5-7-11/h3-9,14H,10,13H2,1-2H3/b9-8+. The van der Waals surface area contributed by atoms with Gasteiger partial charge in [0.2, 0.25) is 10.0 Å². The molecule has 94 valence electrons. The average molecular weight is 254 g/mol. The summed E-state index contributed by atoms with van der Waals surface area (Å²) < 4.78 is 25.6. The maximum absolute atomic E-state index is 11.6. The summed E-state index contributed by atoms with van der Waals surface area (Å²) in [4.78, 5) is 0. The third-order valence-electron chi connectivity index (χ3n) is 1.97. The molecule has 0 aromatic heterocycles. The predicted molar refractivity (Wildman–Crippen MR) is 70.7 cm³/mol. The molecule has 1 rings (SSSR count). The van der Waals surface area contributed by atoms with Crippen LogP contribution in [0.3, 0.4) is 0 Å². The van der Waals surface area contributed by atoms with Crippen LogP contribution in [0.25, 0.3) is 6.08 Å². The molecule has 0 unspecified atom stereocenters. The van der Waals surface area contributed by atoms with Crippen molar-refractivity contribution in [2.45, 2.75) is 19.4 Å². The third kappa shape index (κ3) is 6.21. The zero-order valence-corrected chi connectivity index (χ0v) is 10.9. The highest BCUT2D eigenvalue weighted by Crippen LogP contribution is 2.03. The van der Waals surface area contributed by atoms with Gasteiger partial charge in [-0.3, -0.25) is 0 Å². The van der Waals surface area contributed by atoms with Gasteiger partial charge < -0.3 is 5.73 Å². The molecule has 0 amide bonds. The lowest BCUT2D eigenvalue weighted by molar-refractivity contribution is 0.500. The third-order valence-corrected chi connectivity index (χ3v) is 3.01. The van der Waals surface area contributed by atoms with Crippen LogP contribution < -0.4 is 10.5 Å². The Morgan fingerprint density at radius 1 is 1.29 bits per heavy atom. The van der Waals surface area contributed by atoms with E-state index in [9.17, 15) is 8.42 Å². The Morgan fingerprint density at radius 3 is 2.41 bits per heavy atom. The van der Waals surface area contributed by atoms with E-state index in [1.807, 2.05) is 30.3 Å². The summed E-state index contributed by atoms with van der Waals surface area (Å²) in [5, 5.41) is 1.15. The number of nitrogens with one attached hydrogen (secondary N) is 1. The van der Waals surface area contributed by atoms with Crippen LogP contribution in [0.5, 0.6) is 0 Å². The fraction of sp³-hybridized carbons (Fsp3) is 0.333. The highest BCUT2D eigenvalue weighted by atomic mass is 32.2. The molecule has 0 radical (unpaired) electrons. The van der Waals surface area contributed by atoms with Crippen LogP contribution in [-0.2, 0) is 10.0 Å². The van der Waals surface area contributed by atoms with Gasteiger partial charge in [0.05, 0.1) is 0 Å². The van der Waals surface area contributed by atoms with E-state index in [0.717, 1.165) is 11.0 Å². The minimum absolute atomic E-state index is 0.203. The minimum Gasteiger partial charge on any atom is -0.324 e. The molecule has 0 fully saturated rings. The van der Waals surface area contributed by atoms with Crippen LogP contribution in [0, 0.1) is 0 Å². The first-order valence-corrected chi connectivity index (χ1v) is 6.85. The molecule has 0 aliphatic carbocycles. The zero-order valence-electron chi connectivity index (χ0n) is 10.1. The molecule has 4 nitrogen and oxygen atoms in total. The molecule has 0 aliphatic heterocycles. The summed E-state index contributed by atoms with van der Waals surface area (Å²) in [5.41, 5.74) is 5.97. The van der Waals surface area contributed by atoms with Crippen LogP contribution in [-0.4, -0.2) is 20.5 Å². The van der Waals surface area contributed by atoms with Crippen molar-refractivity contribution in [2.24, 2.45) is 5.73 Å². The van der Waals surface area contributed by atoms with Crippen LogP contribution in [0.4, 0.5) is 0 Å². The first kappa shape index (κ1) is 13.9. The fourth-order valence-electron chi connectivity index (χ4n) is 1.07. The van der Waals surface area contributed by atoms with Gasteiger partial charge in [-0.05, 0) is 25.5 Å². The number of nitrogens with two attached hydrogens (primary N) is 1. The molecule has 3 N–H and O–H groups in total. The summed E-state index contributed by atoms with van der Waals surface area (Å²) in [7, 11) is -3.42. The Morgan fingerprint density at radius 2 is 1.88 bits per heavy atom. The lowest BCUT2D eigenvalue weighted by atomic mass is 10.1. The van der Waals surface area contributed by atoms with Crippen molar-refractivity contribution in [1.29, 1.82) is 0 Å². The van der Waals surface area contributed by atoms with Crippen molar-refractivity contribution in [3.63, 3.8) is 0 Å². The first-order valence-electron chi connectivity index (χ1n) is 5.30. The SMILES string of the molecule is CC(C)(N)CNS(=O)(=O)/C=C/c1ccccc1. The van der Waals surface area contributed by atoms with Crippen molar-refractivity contribution in [1.82, 2.24) is 4.72 Å². The Bertz CT molecular complexity index is 473. The van der Waals surface area contributed by atoms with E-state index in [1.165, 1.54) is 0 Å². The molecule has 0 bridgehead atoms. The van der Waals surface area contributed by atoms with Crippen LogP contribution >= 0.6 is 0 Å². The molecule has 5 heteroatoms. The number of benzene rings is 1. The van der Waals surface area contributed by atoms with Gasteiger partial charge in [-0.15, -0.1) is 0 Å². The molecule has 1 aromatic rings. The maximum Gasteiger partial charge on any atom is 0.233 e. The lowest BCUT2D eigenvalue weighted by Crippen LogP contribution is -2.44. The van der Waals surface area contributed by atoms with Crippen molar-refractivity contribution in [3.8, 4) is 0 Å². The van der Waals surface area contributed by atoms with Gasteiger partial charge in [0.15, 0.2) is 0 Å². The Labute approximate surface area is 103 Å². The van der Waals surface area contributed by atoms with Crippen LogP contribution in [0.2, 0.25) is 0 Å². The first-order chi connectivity index (χ1) is 7.79. The van der Waals surface area contributed by atoms with Gasteiger partial charge in [-0.2, -0.15) is 0 Å². The van der Waals surface area contributed by atoms with Gasteiger partial charge in [0, 0.05) is 17.5 Å². The van der Waals surface area contributed by atoms with Crippen LogP contribution in [0.1, 0.15) is 19.4 Å². The van der Waals surface area contributed by atoms with Gasteiger partial charge in [0.25, 0.3) is 0 Å². The lowest BCUT2D eigenvalue weighted by Gasteiger charge is -2.17. The number of rotatable bonds is 5. The fourth-order valence-corrected chi connectivity index (χ4v) is 2.07. The van der Waals surface area contributed by atoms with Crippen LogP contribution in [0.15, 0.2) is 35.7 Å². The van der Waals surface area contributed by atoms with E-state index in [0.29, 0.717) is 0 Å². The molecule has 0 saturated carbocycles. The topological polar surface area (TPSA) is 72.2 Å². The van der Waals surface area contributed by atoms with Crippen molar-refractivity contribution < 1.29 is 8.42 Å². The molecule has 0 spiro atoms. The smallest absolute Gasteiger partial charge is 0.233 e. The second-order valence-corrected chi connectivity index (χ2v) is 6.22.